The molecule has 74 valence electrons. The van der Waals surface area contributed by atoms with Crippen LogP contribution in [0.25, 0.3) is 0 Å². The van der Waals surface area contributed by atoms with Crippen LogP contribution in [-0.4, -0.2) is 0 Å². The molecule has 0 bridgehead atoms. The lowest BCUT2D eigenvalue weighted by molar-refractivity contribution is 0.644. The first-order chi connectivity index (χ1) is 5.79. The zero-order valence-electron chi connectivity index (χ0n) is 8.29. The highest BCUT2D eigenvalue weighted by Gasteiger charge is 2.08. The van der Waals surface area contributed by atoms with E-state index in [9.17, 15) is 0 Å². The Bertz CT molecular complexity index is 244. The SMILES string of the molecule is CCC(CC)c1ccccc1N.Cl. The van der Waals surface area contributed by atoms with E-state index < -0.39 is 0 Å². The van der Waals surface area contributed by atoms with Gasteiger partial charge in [-0.1, -0.05) is 32.0 Å². The summed E-state index contributed by atoms with van der Waals surface area (Å²) >= 11 is 0. The van der Waals surface area contributed by atoms with E-state index in [0.717, 1.165) is 5.69 Å². The molecule has 0 unspecified atom stereocenters. The first kappa shape index (κ1) is 12.3. The number of hydrogen-bond donors (Lipinski definition) is 1. The maximum absolute atomic E-state index is 5.87. The Labute approximate surface area is 86.7 Å². The van der Waals surface area contributed by atoms with Gasteiger partial charge < -0.3 is 5.73 Å². The molecule has 1 nitrogen and oxygen atoms in total. The number of benzene rings is 1. The van der Waals surface area contributed by atoms with Gasteiger partial charge >= 0.3 is 0 Å². The number of hydrogen-bond acceptors (Lipinski definition) is 1. The van der Waals surface area contributed by atoms with Crippen LogP contribution in [0.1, 0.15) is 38.2 Å². The first-order valence-corrected chi connectivity index (χ1v) is 4.64. The molecule has 0 aromatic heterocycles. The third-order valence-electron chi connectivity index (χ3n) is 2.42. The van der Waals surface area contributed by atoms with Crippen LogP contribution in [0.5, 0.6) is 0 Å². The van der Waals surface area contributed by atoms with Crippen LogP contribution in [0.2, 0.25) is 0 Å². The molecule has 0 aliphatic carbocycles. The van der Waals surface area contributed by atoms with Crippen molar-refractivity contribution in [3.8, 4) is 0 Å². The molecule has 0 aliphatic heterocycles. The predicted molar refractivity (Wildman–Crippen MR) is 61.4 cm³/mol. The van der Waals surface area contributed by atoms with Crippen LogP contribution < -0.4 is 5.73 Å². The van der Waals surface area contributed by atoms with Gasteiger partial charge in [0.15, 0.2) is 0 Å². The Kier molecular flexibility index (Phi) is 5.56. The minimum atomic E-state index is 0. The summed E-state index contributed by atoms with van der Waals surface area (Å²) in [4.78, 5) is 0. The summed E-state index contributed by atoms with van der Waals surface area (Å²) < 4.78 is 0. The molecule has 0 fully saturated rings. The number of halogens is 1. The lowest BCUT2D eigenvalue weighted by atomic mass is 9.93. The summed E-state index contributed by atoms with van der Waals surface area (Å²) in [5.41, 5.74) is 8.12. The van der Waals surface area contributed by atoms with Gasteiger partial charge in [-0.3, -0.25) is 0 Å². The average molecular weight is 200 g/mol. The lowest BCUT2D eigenvalue weighted by Gasteiger charge is -2.14. The number of para-hydroxylation sites is 1. The maximum atomic E-state index is 5.87. The Hall–Kier alpha value is -0.690. The molecule has 13 heavy (non-hydrogen) atoms. The molecule has 0 saturated heterocycles. The highest BCUT2D eigenvalue weighted by atomic mass is 35.5. The Balaban J connectivity index is 0.00000144. The summed E-state index contributed by atoms with van der Waals surface area (Å²) in [5, 5.41) is 0. The molecule has 0 saturated carbocycles. The van der Waals surface area contributed by atoms with Gasteiger partial charge in [0.05, 0.1) is 0 Å². The fourth-order valence-corrected chi connectivity index (χ4v) is 1.61. The Morgan fingerprint density at radius 3 is 2.15 bits per heavy atom. The van der Waals surface area contributed by atoms with Gasteiger partial charge in [-0.25, -0.2) is 0 Å². The van der Waals surface area contributed by atoms with Gasteiger partial charge in [-0.15, -0.1) is 12.4 Å². The van der Waals surface area contributed by atoms with Crippen LogP contribution in [0.4, 0.5) is 5.69 Å². The van der Waals surface area contributed by atoms with Gasteiger partial charge in [0.2, 0.25) is 0 Å². The number of nitrogens with two attached hydrogens (primary N) is 1. The molecular formula is C11H18ClN. The van der Waals surface area contributed by atoms with Crippen molar-refractivity contribution < 1.29 is 0 Å². The Morgan fingerprint density at radius 1 is 1.15 bits per heavy atom. The molecule has 2 N–H and O–H groups in total. The zero-order valence-corrected chi connectivity index (χ0v) is 9.10. The minimum Gasteiger partial charge on any atom is -0.398 e. The molecule has 1 rings (SSSR count). The van der Waals surface area contributed by atoms with Crippen LogP contribution >= 0.6 is 12.4 Å². The largest absolute Gasteiger partial charge is 0.398 e. The molecule has 1 aromatic carbocycles. The average Bonchev–Trinajstić information content (AvgIpc) is 2.10. The molecule has 2 heteroatoms. The monoisotopic (exact) mass is 199 g/mol. The maximum Gasteiger partial charge on any atom is 0.0349 e. The molecule has 0 aliphatic rings. The summed E-state index contributed by atoms with van der Waals surface area (Å²) in [6.45, 7) is 4.42. The molecule has 1 aromatic rings. The number of nitrogen functional groups attached to an aromatic ring is 1. The summed E-state index contributed by atoms with van der Waals surface area (Å²) in [5.74, 6) is 0.631. The molecular weight excluding hydrogens is 182 g/mol. The van der Waals surface area contributed by atoms with Crippen molar-refractivity contribution in [3.63, 3.8) is 0 Å². The van der Waals surface area contributed by atoms with E-state index in [1.54, 1.807) is 0 Å². The second kappa shape index (κ2) is 5.87. The van der Waals surface area contributed by atoms with Crippen LogP contribution in [0.3, 0.4) is 0 Å². The van der Waals surface area contributed by atoms with Crippen LogP contribution in [0.15, 0.2) is 24.3 Å². The molecule has 0 atom stereocenters. The third-order valence-corrected chi connectivity index (χ3v) is 2.42. The number of anilines is 1. The van der Waals surface area contributed by atoms with Gasteiger partial charge in [-0.05, 0) is 30.4 Å². The molecule has 0 amide bonds. The third kappa shape index (κ3) is 2.92. The highest BCUT2D eigenvalue weighted by Crippen LogP contribution is 2.27. The fraction of sp³-hybridized carbons (Fsp3) is 0.455. The topological polar surface area (TPSA) is 26.0 Å². The smallest absolute Gasteiger partial charge is 0.0349 e. The van der Waals surface area contributed by atoms with E-state index in [0.29, 0.717) is 5.92 Å². The van der Waals surface area contributed by atoms with E-state index in [1.165, 1.54) is 18.4 Å². The van der Waals surface area contributed by atoms with Crippen molar-refractivity contribution in [3.05, 3.63) is 29.8 Å². The zero-order chi connectivity index (χ0) is 8.97. The van der Waals surface area contributed by atoms with Crippen molar-refractivity contribution in [2.75, 3.05) is 5.73 Å². The van der Waals surface area contributed by atoms with Crippen molar-refractivity contribution in [2.45, 2.75) is 32.6 Å². The van der Waals surface area contributed by atoms with E-state index in [1.807, 2.05) is 12.1 Å². The van der Waals surface area contributed by atoms with Crippen LogP contribution in [0, 0.1) is 0 Å². The van der Waals surface area contributed by atoms with Gasteiger partial charge in [-0.2, -0.15) is 0 Å². The van der Waals surface area contributed by atoms with Crippen molar-refractivity contribution in [1.82, 2.24) is 0 Å². The van der Waals surface area contributed by atoms with E-state index in [2.05, 4.69) is 26.0 Å². The highest BCUT2D eigenvalue weighted by molar-refractivity contribution is 5.85. The number of rotatable bonds is 3. The standard InChI is InChI=1S/C11H17N.ClH/c1-3-9(4-2)10-7-5-6-8-11(10)12;/h5-9H,3-4,12H2,1-2H3;1H. The van der Waals surface area contributed by atoms with Gasteiger partial charge in [0.1, 0.15) is 0 Å². The van der Waals surface area contributed by atoms with Crippen molar-refractivity contribution in [1.29, 1.82) is 0 Å². The van der Waals surface area contributed by atoms with E-state index in [-0.39, 0.29) is 12.4 Å². The van der Waals surface area contributed by atoms with Crippen LogP contribution in [-0.2, 0) is 0 Å². The minimum absolute atomic E-state index is 0. The summed E-state index contributed by atoms with van der Waals surface area (Å²) in [6, 6.07) is 8.16. The van der Waals surface area contributed by atoms with Crippen molar-refractivity contribution in [2.24, 2.45) is 0 Å². The normalized spacial score (nSPS) is 9.77. The molecule has 0 spiro atoms. The predicted octanol–water partition coefficient (Wildman–Crippen LogP) is 3.59. The van der Waals surface area contributed by atoms with Crippen molar-refractivity contribution >= 4 is 18.1 Å². The quantitative estimate of drug-likeness (QED) is 0.740. The summed E-state index contributed by atoms with van der Waals surface area (Å²) in [6.07, 6.45) is 2.34. The fourth-order valence-electron chi connectivity index (χ4n) is 1.61. The lowest BCUT2D eigenvalue weighted by Crippen LogP contribution is -2.00. The second-order valence-corrected chi connectivity index (χ2v) is 3.14. The summed E-state index contributed by atoms with van der Waals surface area (Å²) in [7, 11) is 0. The van der Waals surface area contributed by atoms with E-state index >= 15 is 0 Å². The Morgan fingerprint density at radius 2 is 1.69 bits per heavy atom. The molecule has 0 radical (unpaired) electrons. The van der Waals surface area contributed by atoms with Gasteiger partial charge in [0, 0.05) is 5.69 Å². The van der Waals surface area contributed by atoms with E-state index in [4.69, 9.17) is 5.73 Å². The van der Waals surface area contributed by atoms with Gasteiger partial charge in [0.25, 0.3) is 0 Å². The molecule has 0 heterocycles. The second-order valence-electron chi connectivity index (χ2n) is 3.14. The first-order valence-electron chi connectivity index (χ1n) is 4.64.